The predicted octanol–water partition coefficient (Wildman–Crippen LogP) is 7.01. The van der Waals surface area contributed by atoms with Crippen molar-refractivity contribution in [3.05, 3.63) is 118 Å². The van der Waals surface area contributed by atoms with Gasteiger partial charge in [-0.3, -0.25) is 24.1 Å². The third kappa shape index (κ3) is 9.87. The number of anilines is 2. The smallest absolute Gasteiger partial charge is 0.261 e. The molecular formula is C45H51N5O6S. The Morgan fingerprint density at radius 2 is 1.53 bits per heavy atom. The van der Waals surface area contributed by atoms with Crippen LogP contribution in [-0.4, -0.2) is 104 Å². The van der Waals surface area contributed by atoms with E-state index in [9.17, 15) is 19.2 Å². The van der Waals surface area contributed by atoms with Gasteiger partial charge in [-0.2, -0.15) is 0 Å². The van der Waals surface area contributed by atoms with Crippen molar-refractivity contribution in [1.29, 1.82) is 0 Å². The normalized spacial score (nSPS) is 14.0. The third-order valence-electron chi connectivity index (χ3n) is 10.6. The third-order valence-corrected chi connectivity index (χ3v) is 10.9. The van der Waals surface area contributed by atoms with Crippen molar-refractivity contribution in [3.63, 3.8) is 0 Å². The largest absolute Gasteiger partial charge is 0.495 e. The molecule has 0 bridgehead atoms. The summed E-state index contributed by atoms with van der Waals surface area (Å²) in [6.45, 7) is 6.20. The van der Waals surface area contributed by atoms with E-state index in [-0.39, 0.29) is 23.6 Å². The van der Waals surface area contributed by atoms with Crippen LogP contribution in [0.25, 0.3) is 0 Å². The lowest BCUT2D eigenvalue weighted by atomic mass is 10.0. The number of carbonyl (C=O) groups excluding carboxylic acids is 4. The van der Waals surface area contributed by atoms with Crippen LogP contribution < -0.4 is 19.7 Å². The highest BCUT2D eigenvalue weighted by Crippen LogP contribution is 2.33. The summed E-state index contributed by atoms with van der Waals surface area (Å²) in [5.41, 5.74) is 5.39. The molecule has 11 nitrogen and oxygen atoms in total. The highest BCUT2D eigenvalue weighted by atomic mass is 32.1. The SMILES string of the molecule is COc1cc(C(=O)N(C)c2ccc(C)cc2OCCCCCC(=O)N2CCN(C)CC2)ccc1NC(=S)c1ccccc1CCCN1C(=O)c2ccccc2C1=O. The summed E-state index contributed by atoms with van der Waals surface area (Å²) in [4.78, 5) is 59.7. The van der Waals surface area contributed by atoms with E-state index in [1.807, 2.05) is 54.3 Å². The number of benzene rings is 4. The van der Waals surface area contributed by atoms with Crippen LogP contribution in [0.1, 0.15) is 79.9 Å². The second-order valence-electron chi connectivity index (χ2n) is 14.6. The molecular weight excluding hydrogens is 739 g/mol. The average molecular weight is 790 g/mol. The Bertz CT molecular complexity index is 2100. The molecule has 57 heavy (non-hydrogen) atoms. The molecule has 0 aliphatic carbocycles. The lowest BCUT2D eigenvalue weighted by Gasteiger charge is -2.32. The van der Waals surface area contributed by atoms with Crippen molar-refractivity contribution < 1.29 is 28.7 Å². The summed E-state index contributed by atoms with van der Waals surface area (Å²) in [7, 11) is 5.35. The Morgan fingerprint density at radius 3 is 2.25 bits per heavy atom. The first-order valence-corrected chi connectivity index (χ1v) is 20.0. The monoisotopic (exact) mass is 789 g/mol. The van der Waals surface area contributed by atoms with Gasteiger partial charge in [-0.25, -0.2) is 0 Å². The number of nitrogens with one attached hydrogen (secondary N) is 1. The molecule has 6 rings (SSSR count). The minimum absolute atomic E-state index is 0.227. The first-order valence-electron chi connectivity index (χ1n) is 19.6. The van der Waals surface area contributed by atoms with Gasteiger partial charge in [0.2, 0.25) is 5.91 Å². The molecule has 1 fully saturated rings. The Labute approximate surface area is 340 Å². The fraction of sp³-hybridized carbons (Fsp3) is 0.356. The molecule has 0 spiro atoms. The van der Waals surface area contributed by atoms with Crippen LogP contribution in [0.5, 0.6) is 11.5 Å². The molecule has 0 saturated carbocycles. The molecule has 1 saturated heterocycles. The topological polar surface area (TPSA) is 112 Å². The van der Waals surface area contributed by atoms with E-state index < -0.39 is 0 Å². The van der Waals surface area contributed by atoms with E-state index >= 15 is 0 Å². The second-order valence-corrected chi connectivity index (χ2v) is 15.0. The number of methoxy groups -OCH3 is 1. The number of likely N-dealkylation sites (N-methyl/N-ethyl adjacent to an activating group) is 1. The molecule has 2 heterocycles. The summed E-state index contributed by atoms with van der Waals surface area (Å²) in [5, 5.41) is 3.30. The van der Waals surface area contributed by atoms with Crippen LogP contribution in [0.2, 0.25) is 0 Å². The van der Waals surface area contributed by atoms with Gasteiger partial charge in [0.15, 0.2) is 0 Å². The van der Waals surface area contributed by atoms with Crippen LogP contribution >= 0.6 is 12.2 Å². The van der Waals surface area contributed by atoms with E-state index in [0.717, 1.165) is 62.1 Å². The Morgan fingerprint density at radius 1 is 0.825 bits per heavy atom. The summed E-state index contributed by atoms with van der Waals surface area (Å²) in [6.07, 6.45) is 4.23. The summed E-state index contributed by atoms with van der Waals surface area (Å²) in [5.74, 6) is 0.543. The number of fused-ring (bicyclic) bond motifs is 1. The van der Waals surface area contributed by atoms with Crippen molar-refractivity contribution in [2.45, 2.75) is 45.4 Å². The van der Waals surface area contributed by atoms with Gasteiger partial charge in [-0.1, -0.05) is 54.7 Å². The Balaban J connectivity index is 1.03. The van der Waals surface area contributed by atoms with Crippen LogP contribution in [0.4, 0.5) is 11.4 Å². The number of thiocarbonyl (C=S) groups is 1. The number of carbonyl (C=O) groups is 4. The van der Waals surface area contributed by atoms with Crippen molar-refractivity contribution in [1.82, 2.24) is 14.7 Å². The second kappa shape index (κ2) is 19.0. The number of hydrogen-bond acceptors (Lipinski definition) is 8. The van der Waals surface area contributed by atoms with Gasteiger partial charge >= 0.3 is 0 Å². The summed E-state index contributed by atoms with van der Waals surface area (Å²) >= 11 is 5.86. The van der Waals surface area contributed by atoms with E-state index in [0.29, 0.717) is 77.0 Å². The van der Waals surface area contributed by atoms with E-state index in [2.05, 4.69) is 17.3 Å². The van der Waals surface area contributed by atoms with E-state index in [4.69, 9.17) is 21.7 Å². The Kier molecular flexibility index (Phi) is 13.7. The minimum Gasteiger partial charge on any atom is -0.495 e. The van der Waals surface area contributed by atoms with Gasteiger partial charge in [-0.15, -0.1) is 0 Å². The molecule has 0 aromatic heterocycles. The molecule has 4 aromatic rings. The number of ether oxygens (including phenoxy) is 2. The molecule has 0 radical (unpaired) electrons. The van der Waals surface area contributed by atoms with Gasteiger partial charge in [0, 0.05) is 57.3 Å². The highest BCUT2D eigenvalue weighted by Gasteiger charge is 2.34. The summed E-state index contributed by atoms with van der Waals surface area (Å²) < 4.78 is 11.9. The standard InChI is InChI=1S/C45H51N5O6S/c1-31-19-22-38(40(29-31)56-28-11-5-6-18-41(51)49-26-24-47(2)25-27-49)48(3)43(52)33-20-21-37(39(30-33)55-4)46-42(57)34-15-8-7-13-32(34)14-12-23-50-44(53)35-16-9-10-17-36(35)45(50)54/h7-10,13,15-17,19-22,29-30H,5-6,11-12,14,18,23-28H2,1-4H3,(H,46,57). The molecule has 4 amide bonds. The molecule has 12 heteroatoms. The number of hydrogen-bond donors (Lipinski definition) is 1. The number of piperazine rings is 1. The first-order chi connectivity index (χ1) is 27.5. The van der Waals surface area contributed by atoms with Crippen molar-refractivity contribution in [3.8, 4) is 11.5 Å². The number of imide groups is 1. The fourth-order valence-electron chi connectivity index (χ4n) is 7.22. The lowest BCUT2D eigenvalue weighted by molar-refractivity contribution is -0.132. The maximum Gasteiger partial charge on any atom is 0.261 e. The molecule has 0 atom stereocenters. The van der Waals surface area contributed by atoms with E-state index in [1.54, 1.807) is 61.5 Å². The number of rotatable bonds is 16. The van der Waals surface area contributed by atoms with Gasteiger partial charge in [0.25, 0.3) is 17.7 Å². The zero-order valence-corrected chi connectivity index (χ0v) is 34.0. The molecule has 4 aromatic carbocycles. The van der Waals surface area contributed by atoms with Crippen LogP contribution in [0.15, 0.2) is 84.9 Å². The molecule has 298 valence electrons. The maximum absolute atomic E-state index is 13.9. The van der Waals surface area contributed by atoms with Crippen LogP contribution in [0.3, 0.4) is 0 Å². The van der Waals surface area contributed by atoms with Crippen molar-refractivity contribution in [2.75, 3.05) is 70.8 Å². The van der Waals surface area contributed by atoms with Crippen LogP contribution in [-0.2, 0) is 11.2 Å². The maximum atomic E-state index is 13.9. The first kappa shape index (κ1) is 41.1. The van der Waals surface area contributed by atoms with Crippen molar-refractivity contribution >= 4 is 52.2 Å². The molecule has 2 aliphatic heterocycles. The van der Waals surface area contributed by atoms with Gasteiger partial charge in [0.05, 0.1) is 36.2 Å². The van der Waals surface area contributed by atoms with Crippen LogP contribution in [0, 0.1) is 6.92 Å². The van der Waals surface area contributed by atoms with Gasteiger partial charge < -0.3 is 29.5 Å². The zero-order valence-electron chi connectivity index (χ0n) is 33.2. The zero-order chi connectivity index (χ0) is 40.5. The predicted molar refractivity (Wildman–Crippen MR) is 227 cm³/mol. The quantitative estimate of drug-likeness (QED) is 0.0729. The Hall–Kier alpha value is -5.59. The van der Waals surface area contributed by atoms with Crippen molar-refractivity contribution in [2.24, 2.45) is 0 Å². The molecule has 0 unspecified atom stereocenters. The summed E-state index contributed by atoms with van der Waals surface area (Å²) in [6, 6.07) is 25.6. The lowest BCUT2D eigenvalue weighted by Crippen LogP contribution is -2.47. The van der Waals surface area contributed by atoms with Gasteiger partial charge in [-0.05, 0) is 99.7 Å². The number of nitrogens with zero attached hydrogens (tertiary/aromatic N) is 4. The average Bonchev–Trinajstić information content (AvgIpc) is 3.46. The number of aryl methyl sites for hydroxylation is 2. The highest BCUT2D eigenvalue weighted by molar-refractivity contribution is 7.81. The fourth-order valence-corrected chi connectivity index (χ4v) is 7.52. The minimum atomic E-state index is -0.261. The van der Waals surface area contributed by atoms with E-state index in [1.165, 1.54) is 4.90 Å². The number of unbranched alkanes of at least 4 members (excludes halogenated alkanes) is 2. The number of amides is 4. The molecule has 1 N–H and O–H groups in total. The van der Waals surface area contributed by atoms with Gasteiger partial charge in [0.1, 0.15) is 16.5 Å². The molecule has 2 aliphatic rings.